The lowest BCUT2D eigenvalue weighted by atomic mass is 9.85. The number of pyridine rings is 1. The van der Waals surface area contributed by atoms with E-state index >= 15 is 0 Å². The van der Waals surface area contributed by atoms with Crippen LogP contribution in [0, 0.1) is 0 Å². The zero-order chi connectivity index (χ0) is 22.1. The maximum absolute atomic E-state index is 11.6. The molecule has 0 atom stereocenters. The number of carbonyl (C=O) groups excluding carboxylic acids is 1. The van der Waals surface area contributed by atoms with Gasteiger partial charge in [-0.3, -0.25) is 4.79 Å². The number of fused-ring (bicyclic) bond motifs is 1. The highest BCUT2D eigenvalue weighted by molar-refractivity contribution is 7.22. The van der Waals surface area contributed by atoms with E-state index in [0.717, 1.165) is 16.2 Å². The Morgan fingerprint density at radius 2 is 1.87 bits per heavy atom. The third-order valence-electron chi connectivity index (χ3n) is 4.95. The van der Waals surface area contributed by atoms with Gasteiger partial charge in [0.1, 0.15) is 5.15 Å². The monoisotopic (exact) mass is 446 g/mol. The first-order chi connectivity index (χ1) is 14.4. The molecule has 162 valence electrons. The maximum atomic E-state index is 11.6. The molecule has 1 aliphatic rings. The molecule has 1 saturated carbocycles. The minimum absolute atomic E-state index is 0.0765. The summed E-state index contributed by atoms with van der Waals surface area (Å²) < 4.78 is 1.27. The molecule has 1 aromatic carbocycles. The number of anilines is 1. The topological polar surface area (TPSA) is 66.9 Å². The van der Waals surface area contributed by atoms with E-state index in [1.807, 2.05) is 39.8 Å². The van der Waals surface area contributed by atoms with Crippen molar-refractivity contribution in [3.05, 3.63) is 53.3 Å². The summed E-state index contributed by atoms with van der Waals surface area (Å²) in [5.41, 5.74) is 1.19. The van der Waals surface area contributed by atoms with Crippen LogP contribution in [-0.2, 0) is 10.2 Å². The molecule has 2 N–H and O–H groups in total. The van der Waals surface area contributed by atoms with Gasteiger partial charge in [0.05, 0.1) is 15.6 Å². The van der Waals surface area contributed by atoms with E-state index in [4.69, 9.17) is 11.6 Å². The van der Waals surface area contributed by atoms with Gasteiger partial charge in [-0.05, 0) is 51.3 Å². The minimum Gasteiger partial charge on any atom is -0.359 e. The molecule has 7 heteroatoms. The summed E-state index contributed by atoms with van der Waals surface area (Å²) in [4.78, 5) is 20.1. The number of aromatic nitrogens is 2. The molecule has 0 unspecified atom stereocenters. The second-order valence-corrected chi connectivity index (χ2v) is 8.69. The van der Waals surface area contributed by atoms with E-state index in [-0.39, 0.29) is 5.91 Å². The van der Waals surface area contributed by atoms with Gasteiger partial charge in [0, 0.05) is 24.8 Å². The van der Waals surface area contributed by atoms with Crippen LogP contribution in [0.5, 0.6) is 0 Å². The fourth-order valence-corrected chi connectivity index (χ4v) is 4.25. The van der Waals surface area contributed by atoms with E-state index in [1.165, 1.54) is 24.0 Å². The van der Waals surface area contributed by atoms with E-state index < -0.39 is 5.41 Å². The van der Waals surface area contributed by atoms with Crippen molar-refractivity contribution >= 4 is 44.2 Å². The summed E-state index contributed by atoms with van der Waals surface area (Å²) in [5.74, 6) is -0.0765. The molecule has 0 bridgehead atoms. The number of carbonyl (C=O) groups is 1. The SMILES string of the molecule is CC.CNC(=O)C(C)(C)c1cccnc1Cl.c1ccc2sc(NC3CCC3)nc2c1. The third-order valence-corrected chi connectivity index (χ3v) is 6.22. The average Bonchev–Trinajstić information content (AvgIpc) is 3.15. The summed E-state index contributed by atoms with van der Waals surface area (Å²) in [6, 6.07) is 12.5. The molecule has 4 rings (SSSR count). The van der Waals surface area contributed by atoms with Gasteiger partial charge in [0.2, 0.25) is 5.91 Å². The van der Waals surface area contributed by atoms with Crippen LogP contribution in [0.3, 0.4) is 0 Å². The van der Waals surface area contributed by atoms with Gasteiger partial charge >= 0.3 is 0 Å². The van der Waals surface area contributed by atoms with Crippen LogP contribution in [0.1, 0.15) is 52.5 Å². The van der Waals surface area contributed by atoms with Gasteiger partial charge in [0.15, 0.2) is 5.13 Å². The zero-order valence-corrected chi connectivity index (χ0v) is 19.9. The largest absolute Gasteiger partial charge is 0.359 e. The predicted molar refractivity (Wildman–Crippen MR) is 129 cm³/mol. The number of benzene rings is 1. The van der Waals surface area contributed by atoms with Gasteiger partial charge in [0.25, 0.3) is 0 Å². The van der Waals surface area contributed by atoms with E-state index in [2.05, 4.69) is 38.8 Å². The summed E-state index contributed by atoms with van der Waals surface area (Å²) >= 11 is 7.67. The Balaban J connectivity index is 0.000000197. The maximum Gasteiger partial charge on any atom is 0.229 e. The van der Waals surface area contributed by atoms with E-state index in [1.54, 1.807) is 30.6 Å². The lowest BCUT2D eigenvalue weighted by Crippen LogP contribution is -2.38. The first-order valence-corrected chi connectivity index (χ1v) is 11.6. The molecular weight excluding hydrogens is 416 g/mol. The highest BCUT2D eigenvalue weighted by Crippen LogP contribution is 2.30. The summed E-state index contributed by atoms with van der Waals surface area (Å²) in [6.45, 7) is 7.63. The average molecular weight is 447 g/mol. The van der Waals surface area contributed by atoms with Crippen LogP contribution in [0.4, 0.5) is 5.13 Å². The van der Waals surface area contributed by atoms with Gasteiger partial charge in [-0.25, -0.2) is 9.97 Å². The number of rotatable bonds is 4. The number of halogens is 1. The second-order valence-electron chi connectivity index (χ2n) is 7.30. The molecule has 1 aliphatic carbocycles. The van der Waals surface area contributed by atoms with Crippen LogP contribution in [0.2, 0.25) is 5.15 Å². The first kappa shape index (κ1) is 24.1. The van der Waals surface area contributed by atoms with Crippen molar-refractivity contribution in [1.82, 2.24) is 15.3 Å². The Morgan fingerprint density at radius 3 is 2.43 bits per heavy atom. The molecule has 0 spiro atoms. The molecule has 0 saturated heterocycles. The fourth-order valence-electron chi connectivity index (χ4n) is 2.95. The Kier molecular flexibility index (Phi) is 9.06. The smallest absolute Gasteiger partial charge is 0.229 e. The molecule has 3 aromatic rings. The molecule has 2 heterocycles. The highest BCUT2D eigenvalue weighted by atomic mass is 35.5. The van der Waals surface area contributed by atoms with E-state index in [9.17, 15) is 4.79 Å². The number of nitrogens with zero attached hydrogens (tertiary/aromatic N) is 2. The van der Waals surface area contributed by atoms with Crippen molar-refractivity contribution in [2.75, 3.05) is 12.4 Å². The molecule has 30 heavy (non-hydrogen) atoms. The van der Waals surface area contributed by atoms with E-state index in [0.29, 0.717) is 11.2 Å². The Hall–Kier alpha value is -2.18. The van der Waals surface area contributed by atoms with Gasteiger partial charge in [-0.15, -0.1) is 0 Å². The number of hydrogen-bond donors (Lipinski definition) is 2. The molecule has 0 radical (unpaired) electrons. The summed E-state index contributed by atoms with van der Waals surface area (Å²) in [6.07, 6.45) is 5.57. The normalized spacial score (nSPS) is 13.3. The predicted octanol–water partition coefficient (Wildman–Crippen LogP) is 6.05. The molecule has 0 aliphatic heterocycles. The van der Waals surface area contributed by atoms with Crippen LogP contribution in [-0.4, -0.2) is 29.0 Å². The minimum atomic E-state index is -0.653. The van der Waals surface area contributed by atoms with Crippen molar-refractivity contribution in [3.63, 3.8) is 0 Å². The Bertz CT molecular complexity index is 920. The van der Waals surface area contributed by atoms with Crippen LogP contribution < -0.4 is 10.6 Å². The van der Waals surface area contributed by atoms with Crippen molar-refractivity contribution in [3.8, 4) is 0 Å². The number of amides is 1. The Morgan fingerprint density at radius 1 is 1.17 bits per heavy atom. The number of likely N-dealkylation sites (N-methyl/N-ethyl adjacent to an activating group) is 1. The second kappa shape index (κ2) is 11.3. The molecule has 1 amide bonds. The molecule has 1 fully saturated rings. The van der Waals surface area contributed by atoms with Crippen molar-refractivity contribution in [2.45, 2.75) is 58.4 Å². The van der Waals surface area contributed by atoms with Crippen LogP contribution in [0.25, 0.3) is 10.2 Å². The van der Waals surface area contributed by atoms with Crippen molar-refractivity contribution in [1.29, 1.82) is 0 Å². The number of nitrogens with one attached hydrogen (secondary N) is 2. The number of para-hydroxylation sites is 1. The Labute approximate surface area is 188 Å². The number of hydrogen-bond acceptors (Lipinski definition) is 5. The van der Waals surface area contributed by atoms with Crippen LogP contribution >= 0.6 is 22.9 Å². The van der Waals surface area contributed by atoms with Gasteiger partial charge in [-0.1, -0.05) is 55.0 Å². The van der Waals surface area contributed by atoms with Crippen molar-refractivity contribution in [2.24, 2.45) is 0 Å². The standard InChI is InChI=1S/C11H12N2S.C10H13ClN2O.C2H6/c1-2-7-10-9(6-1)13-11(14-10)12-8-4-3-5-8;1-10(2,9(14)12-3)7-5-4-6-13-8(7)11;1-2/h1-2,6-8H,3-5H2,(H,12,13);4-6H,1-3H3,(H,12,14);1-2H3. The highest BCUT2D eigenvalue weighted by Gasteiger charge is 2.31. The zero-order valence-electron chi connectivity index (χ0n) is 18.3. The molecule has 5 nitrogen and oxygen atoms in total. The fraction of sp³-hybridized carbons (Fsp3) is 0.435. The lowest BCUT2D eigenvalue weighted by molar-refractivity contribution is -0.125. The van der Waals surface area contributed by atoms with Gasteiger partial charge < -0.3 is 10.6 Å². The first-order valence-electron chi connectivity index (χ1n) is 10.4. The summed E-state index contributed by atoms with van der Waals surface area (Å²) in [5, 5.41) is 7.54. The summed E-state index contributed by atoms with van der Waals surface area (Å²) in [7, 11) is 1.61. The van der Waals surface area contributed by atoms with Gasteiger partial charge in [-0.2, -0.15) is 0 Å². The third kappa shape index (κ3) is 5.92. The molecular formula is C23H31ClN4OS. The lowest BCUT2D eigenvalue weighted by Gasteiger charge is -2.25. The molecule has 2 aromatic heterocycles. The number of thiazole rings is 1. The van der Waals surface area contributed by atoms with Crippen LogP contribution in [0.15, 0.2) is 42.6 Å². The van der Waals surface area contributed by atoms with Crippen molar-refractivity contribution < 1.29 is 4.79 Å². The quantitative estimate of drug-likeness (QED) is 0.479.